The van der Waals surface area contributed by atoms with Crippen LogP contribution in [0.15, 0.2) is 22.7 Å². The molecule has 0 aromatic heterocycles. The van der Waals surface area contributed by atoms with E-state index in [1.54, 1.807) is 0 Å². The van der Waals surface area contributed by atoms with Crippen LogP contribution in [0.3, 0.4) is 0 Å². The molecule has 3 amide bonds. The highest BCUT2D eigenvalue weighted by Gasteiger charge is 2.07. The van der Waals surface area contributed by atoms with E-state index in [1.807, 2.05) is 39.0 Å². The molecule has 1 aromatic rings. The highest BCUT2D eigenvalue weighted by Crippen LogP contribution is 2.20. The minimum absolute atomic E-state index is 0.0381. The van der Waals surface area contributed by atoms with Crippen LogP contribution < -0.4 is 16.0 Å². The maximum absolute atomic E-state index is 11.6. The topological polar surface area (TPSA) is 70.2 Å². The van der Waals surface area contributed by atoms with E-state index in [-0.39, 0.29) is 24.5 Å². The normalized spacial score (nSPS) is 10.2. The monoisotopic (exact) mass is 327 g/mol. The van der Waals surface area contributed by atoms with Gasteiger partial charge in [0.15, 0.2) is 0 Å². The van der Waals surface area contributed by atoms with Gasteiger partial charge in [-0.15, -0.1) is 0 Å². The number of benzene rings is 1. The van der Waals surface area contributed by atoms with Crippen molar-refractivity contribution >= 4 is 33.6 Å². The Morgan fingerprint density at radius 1 is 1.32 bits per heavy atom. The third kappa shape index (κ3) is 5.74. The molecule has 1 rings (SSSR count). The summed E-state index contributed by atoms with van der Waals surface area (Å²) in [7, 11) is 0. The molecule has 0 spiro atoms. The number of hydrogen-bond donors (Lipinski definition) is 3. The van der Waals surface area contributed by atoms with Crippen molar-refractivity contribution in [1.29, 1.82) is 0 Å². The van der Waals surface area contributed by atoms with Crippen molar-refractivity contribution in [2.75, 3.05) is 11.9 Å². The summed E-state index contributed by atoms with van der Waals surface area (Å²) in [6.07, 6.45) is 0. The number of urea groups is 1. The second-order valence-corrected chi connectivity index (χ2v) is 5.35. The van der Waals surface area contributed by atoms with Crippen LogP contribution in [0.2, 0.25) is 0 Å². The molecular formula is C13H18BrN3O2. The van der Waals surface area contributed by atoms with Crippen LogP contribution in [0.25, 0.3) is 0 Å². The number of aryl methyl sites for hydroxylation is 1. The highest BCUT2D eigenvalue weighted by atomic mass is 79.9. The van der Waals surface area contributed by atoms with Crippen molar-refractivity contribution < 1.29 is 9.59 Å². The number of carbonyl (C=O) groups is 2. The number of amides is 3. The molecule has 0 unspecified atom stereocenters. The largest absolute Gasteiger partial charge is 0.336 e. The first kappa shape index (κ1) is 15.5. The summed E-state index contributed by atoms with van der Waals surface area (Å²) >= 11 is 3.39. The standard InChI is InChI=1S/C13H18BrN3O2/c1-8(2)16-13(19)15-7-12(18)17-10-5-4-9(3)11(14)6-10/h4-6,8H,7H2,1-3H3,(H,17,18)(H2,15,16,19). The van der Waals surface area contributed by atoms with Crippen LogP contribution in [-0.2, 0) is 4.79 Å². The fourth-order valence-electron chi connectivity index (χ4n) is 1.35. The smallest absolute Gasteiger partial charge is 0.315 e. The highest BCUT2D eigenvalue weighted by molar-refractivity contribution is 9.10. The molecule has 104 valence electrons. The molecule has 0 aliphatic heterocycles. The maximum Gasteiger partial charge on any atom is 0.315 e. The number of halogens is 1. The van der Waals surface area contributed by atoms with E-state index in [9.17, 15) is 9.59 Å². The lowest BCUT2D eigenvalue weighted by molar-refractivity contribution is -0.115. The lowest BCUT2D eigenvalue weighted by atomic mass is 10.2. The van der Waals surface area contributed by atoms with E-state index in [0.29, 0.717) is 5.69 Å². The third-order valence-electron chi connectivity index (χ3n) is 2.28. The number of rotatable bonds is 4. The molecule has 0 aliphatic rings. The average molecular weight is 328 g/mol. The first-order valence-electron chi connectivity index (χ1n) is 5.99. The second kappa shape index (κ2) is 7.13. The van der Waals surface area contributed by atoms with E-state index in [4.69, 9.17) is 0 Å². The van der Waals surface area contributed by atoms with E-state index in [1.165, 1.54) is 0 Å². The summed E-state index contributed by atoms with van der Waals surface area (Å²) in [4.78, 5) is 22.9. The molecule has 0 radical (unpaired) electrons. The van der Waals surface area contributed by atoms with Crippen molar-refractivity contribution in [3.05, 3.63) is 28.2 Å². The third-order valence-corrected chi connectivity index (χ3v) is 3.14. The summed E-state index contributed by atoms with van der Waals surface area (Å²) in [5.74, 6) is -0.269. The predicted octanol–water partition coefficient (Wildman–Crippen LogP) is 2.40. The second-order valence-electron chi connectivity index (χ2n) is 4.49. The predicted molar refractivity (Wildman–Crippen MR) is 79.2 cm³/mol. The van der Waals surface area contributed by atoms with E-state index < -0.39 is 0 Å². The lowest BCUT2D eigenvalue weighted by Crippen LogP contribution is -2.42. The van der Waals surface area contributed by atoms with Gasteiger partial charge in [-0.25, -0.2) is 4.79 Å². The molecule has 19 heavy (non-hydrogen) atoms. The Morgan fingerprint density at radius 2 is 2.00 bits per heavy atom. The van der Waals surface area contributed by atoms with Crippen LogP contribution in [0.4, 0.5) is 10.5 Å². The Bertz CT molecular complexity index is 475. The van der Waals surface area contributed by atoms with E-state index in [0.717, 1.165) is 10.0 Å². The van der Waals surface area contributed by atoms with Gasteiger partial charge in [0.05, 0.1) is 6.54 Å². The molecule has 0 aliphatic carbocycles. The number of carbonyl (C=O) groups excluding carboxylic acids is 2. The average Bonchev–Trinajstić information content (AvgIpc) is 2.30. The molecule has 5 nitrogen and oxygen atoms in total. The van der Waals surface area contributed by atoms with Crippen LogP contribution in [-0.4, -0.2) is 24.5 Å². The molecule has 0 heterocycles. The van der Waals surface area contributed by atoms with Gasteiger partial charge < -0.3 is 16.0 Å². The van der Waals surface area contributed by atoms with Crippen LogP contribution in [0.1, 0.15) is 19.4 Å². The summed E-state index contributed by atoms with van der Waals surface area (Å²) in [5, 5.41) is 7.83. The van der Waals surface area contributed by atoms with Crippen molar-refractivity contribution in [3.8, 4) is 0 Å². The lowest BCUT2D eigenvalue weighted by Gasteiger charge is -2.10. The van der Waals surface area contributed by atoms with Gasteiger partial charge in [-0.1, -0.05) is 22.0 Å². The van der Waals surface area contributed by atoms with Gasteiger partial charge >= 0.3 is 6.03 Å². The van der Waals surface area contributed by atoms with Crippen molar-refractivity contribution in [3.63, 3.8) is 0 Å². The summed E-state index contributed by atoms with van der Waals surface area (Å²) in [6, 6.07) is 5.22. The first-order valence-corrected chi connectivity index (χ1v) is 6.78. The molecule has 1 aromatic carbocycles. The molecule has 3 N–H and O–H groups in total. The van der Waals surface area contributed by atoms with Gasteiger partial charge in [-0.3, -0.25) is 4.79 Å². The van der Waals surface area contributed by atoms with Crippen molar-refractivity contribution in [2.24, 2.45) is 0 Å². The van der Waals surface area contributed by atoms with Gasteiger partial charge in [-0.05, 0) is 38.5 Å². The van der Waals surface area contributed by atoms with E-state index >= 15 is 0 Å². The molecular weight excluding hydrogens is 310 g/mol. The molecule has 0 saturated heterocycles. The SMILES string of the molecule is Cc1ccc(NC(=O)CNC(=O)NC(C)C)cc1Br. The van der Waals surface area contributed by atoms with Crippen LogP contribution in [0, 0.1) is 6.92 Å². The zero-order valence-corrected chi connectivity index (χ0v) is 12.8. The molecule has 6 heteroatoms. The molecule has 0 fully saturated rings. The fourth-order valence-corrected chi connectivity index (χ4v) is 1.73. The van der Waals surface area contributed by atoms with E-state index in [2.05, 4.69) is 31.9 Å². The Morgan fingerprint density at radius 3 is 2.58 bits per heavy atom. The summed E-state index contributed by atoms with van der Waals surface area (Å²) in [5.41, 5.74) is 1.78. The Balaban J connectivity index is 2.43. The van der Waals surface area contributed by atoms with Gasteiger partial charge in [0.1, 0.15) is 0 Å². The van der Waals surface area contributed by atoms with Gasteiger partial charge in [0.2, 0.25) is 5.91 Å². The number of hydrogen-bond acceptors (Lipinski definition) is 2. The Labute approximate surface area is 121 Å². The number of anilines is 1. The number of nitrogens with one attached hydrogen (secondary N) is 3. The summed E-state index contributed by atoms with van der Waals surface area (Å²) in [6.45, 7) is 5.60. The zero-order chi connectivity index (χ0) is 14.4. The van der Waals surface area contributed by atoms with Crippen LogP contribution in [0.5, 0.6) is 0 Å². The van der Waals surface area contributed by atoms with Crippen molar-refractivity contribution in [1.82, 2.24) is 10.6 Å². The van der Waals surface area contributed by atoms with Crippen molar-refractivity contribution in [2.45, 2.75) is 26.8 Å². The molecule has 0 bridgehead atoms. The fraction of sp³-hybridized carbons (Fsp3) is 0.385. The van der Waals surface area contributed by atoms with Gasteiger partial charge in [0.25, 0.3) is 0 Å². The van der Waals surface area contributed by atoms with Gasteiger partial charge in [0, 0.05) is 16.2 Å². The summed E-state index contributed by atoms with van der Waals surface area (Å²) < 4.78 is 0.927. The quantitative estimate of drug-likeness (QED) is 0.794. The first-order chi connectivity index (χ1) is 8.88. The maximum atomic E-state index is 11.6. The Hall–Kier alpha value is -1.56. The zero-order valence-electron chi connectivity index (χ0n) is 11.2. The Kier molecular flexibility index (Phi) is 5.82. The molecule has 0 saturated carbocycles. The van der Waals surface area contributed by atoms with Crippen LogP contribution >= 0.6 is 15.9 Å². The minimum atomic E-state index is -0.352. The minimum Gasteiger partial charge on any atom is -0.336 e. The van der Waals surface area contributed by atoms with Gasteiger partial charge in [-0.2, -0.15) is 0 Å². The molecule has 0 atom stereocenters.